The van der Waals surface area contributed by atoms with Crippen molar-refractivity contribution in [1.82, 2.24) is 10.2 Å². The Kier molecular flexibility index (Phi) is 3.66. The molecule has 0 saturated heterocycles. The molecule has 6 heteroatoms. The summed E-state index contributed by atoms with van der Waals surface area (Å²) in [6.07, 6.45) is 1.71. The standard InChI is InChI=1S/C12H12BrN3O2/c1-18-11-3-2-7(4-9(11)13)5-10(17)8-6-15-16-12(8)14/h2-4,6H,5H2,1H3,(H3,14,15,16). The van der Waals surface area contributed by atoms with Gasteiger partial charge >= 0.3 is 0 Å². The van der Waals surface area contributed by atoms with Crippen molar-refractivity contribution in [2.45, 2.75) is 6.42 Å². The Morgan fingerprint density at radius 1 is 1.56 bits per heavy atom. The zero-order chi connectivity index (χ0) is 13.1. The van der Waals surface area contributed by atoms with E-state index in [9.17, 15) is 4.79 Å². The Morgan fingerprint density at radius 3 is 2.89 bits per heavy atom. The van der Waals surface area contributed by atoms with Crippen LogP contribution in [0.4, 0.5) is 5.82 Å². The van der Waals surface area contributed by atoms with Crippen molar-refractivity contribution in [2.75, 3.05) is 12.8 Å². The van der Waals surface area contributed by atoms with Crippen molar-refractivity contribution >= 4 is 27.5 Å². The van der Waals surface area contributed by atoms with Gasteiger partial charge in [-0.25, -0.2) is 0 Å². The number of hydrogen-bond donors (Lipinski definition) is 2. The number of ketones is 1. The van der Waals surface area contributed by atoms with E-state index >= 15 is 0 Å². The smallest absolute Gasteiger partial charge is 0.172 e. The highest BCUT2D eigenvalue weighted by molar-refractivity contribution is 9.10. The second kappa shape index (κ2) is 5.22. The molecule has 0 radical (unpaired) electrons. The number of nitrogens with zero attached hydrogens (tertiary/aromatic N) is 1. The monoisotopic (exact) mass is 309 g/mol. The molecule has 1 aromatic heterocycles. The maximum Gasteiger partial charge on any atom is 0.172 e. The van der Waals surface area contributed by atoms with E-state index in [1.54, 1.807) is 7.11 Å². The highest BCUT2D eigenvalue weighted by Gasteiger charge is 2.13. The lowest BCUT2D eigenvalue weighted by Gasteiger charge is -2.05. The van der Waals surface area contributed by atoms with Crippen LogP contribution in [0, 0.1) is 0 Å². The average molecular weight is 310 g/mol. The fraction of sp³-hybridized carbons (Fsp3) is 0.167. The lowest BCUT2D eigenvalue weighted by Crippen LogP contribution is -2.05. The fourth-order valence-electron chi connectivity index (χ4n) is 1.62. The summed E-state index contributed by atoms with van der Waals surface area (Å²) >= 11 is 3.38. The van der Waals surface area contributed by atoms with Crippen LogP contribution in [0.25, 0.3) is 0 Å². The molecule has 5 nitrogen and oxygen atoms in total. The number of methoxy groups -OCH3 is 1. The van der Waals surface area contributed by atoms with Crippen LogP contribution in [0.15, 0.2) is 28.9 Å². The van der Waals surface area contributed by atoms with Crippen molar-refractivity contribution in [1.29, 1.82) is 0 Å². The minimum absolute atomic E-state index is 0.0710. The van der Waals surface area contributed by atoms with Gasteiger partial charge in [0.15, 0.2) is 5.78 Å². The number of carbonyl (C=O) groups is 1. The SMILES string of the molecule is COc1ccc(CC(=O)c2cn[nH]c2N)cc1Br. The maximum absolute atomic E-state index is 12.0. The van der Waals surface area contributed by atoms with E-state index in [1.807, 2.05) is 18.2 Å². The van der Waals surface area contributed by atoms with Crippen LogP contribution in [-0.2, 0) is 6.42 Å². The summed E-state index contributed by atoms with van der Waals surface area (Å²) in [5, 5.41) is 6.27. The highest BCUT2D eigenvalue weighted by atomic mass is 79.9. The second-order valence-corrected chi connectivity index (χ2v) is 4.62. The molecule has 0 fully saturated rings. The van der Waals surface area contributed by atoms with E-state index < -0.39 is 0 Å². The van der Waals surface area contributed by atoms with Gasteiger partial charge in [-0.2, -0.15) is 5.10 Å². The summed E-state index contributed by atoms with van der Waals surface area (Å²) in [4.78, 5) is 12.0. The molecule has 0 unspecified atom stereocenters. The summed E-state index contributed by atoms with van der Waals surface area (Å²) in [7, 11) is 1.59. The van der Waals surface area contributed by atoms with Crippen LogP contribution in [-0.4, -0.2) is 23.1 Å². The Bertz CT molecular complexity index is 580. The number of H-pyrrole nitrogens is 1. The Hall–Kier alpha value is -1.82. The van der Waals surface area contributed by atoms with E-state index in [-0.39, 0.29) is 12.2 Å². The quantitative estimate of drug-likeness (QED) is 0.848. The number of aromatic amines is 1. The van der Waals surface area contributed by atoms with Gasteiger partial charge in [-0.3, -0.25) is 9.89 Å². The number of carbonyl (C=O) groups excluding carboxylic acids is 1. The molecule has 0 aliphatic carbocycles. The van der Waals surface area contributed by atoms with Gasteiger partial charge in [-0.05, 0) is 33.6 Å². The topological polar surface area (TPSA) is 81.0 Å². The molecule has 0 spiro atoms. The number of anilines is 1. The fourth-order valence-corrected chi connectivity index (χ4v) is 2.21. The van der Waals surface area contributed by atoms with Gasteiger partial charge in [0.05, 0.1) is 23.3 Å². The molecule has 18 heavy (non-hydrogen) atoms. The molecule has 2 aromatic rings. The average Bonchev–Trinajstić information content (AvgIpc) is 2.76. The first-order chi connectivity index (χ1) is 8.61. The molecule has 94 valence electrons. The van der Waals surface area contributed by atoms with E-state index in [4.69, 9.17) is 10.5 Å². The summed E-state index contributed by atoms with van der Waals surface area (Å²) in [5.74, 6) is 0.958. The molecule has 0 saturated carbocycles. The van der Waals surface area contributed by atoms with Crippen LogP contribution >= 0.6 is 15.9 Å². The predicted molar refractivity (Wildman–Crippen MR) is 71.7 cm³/mol. The van der Waals surface area contributed by atoms with Crippen LogP contribution in [0.2, 0.25) is 0 Å². The van der Waals surface area contributed by atoms with E-state index in [0.717, 1.165) is 15.8 Å². The summed E-state index contributed by atoms with van der Waals surface area (Å²) in [5.41, 5.74) is 6.90. The van der Waals surface area contributed by atoms with Gasteiger partial charge in [0.25, 0.3) is 0 Å². The Balaban J connectivity index is 2.17. The number of nitrogens with one attached hydrogen (secondary N) is 1. The largest absolute Gasteiger partial charge is 0.496 e. The molecule has 0 amide bonds. The van der Waals surface area contributed by atoms with Crippen LogP contribution in [0.3, 0.4) is 0 Å². The molecule has 1 heterocycles. The van der Waals surface area contributed by atoms with Gasteiger partial charge in [0.1, 0.15) is 11.6 Å². The maximum atomic E-state index is 12.0. The van der Waals surface area contributed by atoms with Crippen LogP contribution in [0.5, 0.6) is 5.75 Å². The first-order valence-electron chi connectivity index (χ1n) is 5.26. The number of hydrogen-bond acceptors (Lipinski definition) is 4. The highest BCUT2D eigenvalue weighted by Crippen LogP contribution is 2.26. The number of rotatable bonds is 4. The second-order valence-electron chi connectivity index (χ2n) is 3.77. The van der Waals surface area contributed by atoms with E-state index in [2.05, 4.69) is 26.1 Å². The zero-order valence-electron chi connectivity index (χ0n) is 9.74. The molecular weight excluding hydrogens is 298 g/mol. The first kappa shape index (κ1) is 12.6. The lowest BCUT2D eigenvalue weighted by atomic mass is 10.1. The summed E-state index contributed by atoms with van der Waals surface area (Å²) in [6.45, 7) is 0. The zero-order valence-corrected chi connectivity index (χ0v) is 11.3. The van der Waals surface area contributed by atoms with Gasteiger partial charge < -0.3 is 10.5 Å². The molecule has 0 aliphatic rings. The minimum atomic E-state index is -0.0710. The molecule has 0 atom stereocenters. The first-order valence-corrected chi connectivity index (χ1v) is 6.05. The normalized spacial score (nSPS) is 10.3. The number of Topliss-reactive ketones (excluding diaryl/α,β-unsaturated/α-hetero) is 1. The van der Waals surface area contributed by atoms with Gasteiger partial charge in [-0.15, -0.1) is 0 Å². The third-order valence-corrected chi connectivity index (χ3v) is 3.17. The van der Waals surface area contributed by atoms with Crippen molar-refractivity contribution in [3.63, 3.8) is 0 Å². The van der Waals surface area contributed by atoms with Crippen molar-refractivity contribution in [2.24, 2.45) is 0 Å². The number of ether oxygens (including phenoxy) is 1. The van der Waals surface area contributed by atoms with E-state index in [1.165, 1.54) is 6.20 Å². The van der Waals surface area contributed by atoms with Crippen LogP contribution < -0.4 is 10.5 Å². The van der Waals surface area contributed by atoms with Crippen molar-refractivity contribution < 1.29 is 9.53 Å². The molecular formula is C12H12BrN3O2. The van der Waals surface area contributed by atoms with Crippen molar-refractivity contribution in [3.8, 4) is 5.75 Å². The van der Waals surface area contributed by atoms with E-state index in [0.29, 0.717) is 11.4 Å². The third kappa shape index (κ3) is 2.53. The summed E-state index contributed by atoms with van der Waals surface area (Å²) < 4.78 is 5.94. The van der Waals surface area contributed by atoms with Gasteiger partial charge in [0.2, 0.25) is 0 Å². The molecule has 0 aliphatic heterocycles. The predicted octanol–water partition coefficient (Wildman–Crippen LogP) is 2.19. The molecule has 2 rings (SSSR count). The number of halogens is 1. The third-order valence-electron chi connectivity index (χ3n) is 2.55. The molecule has 1 aromatic carbocycles. The van der Waals surface area contributed by atoms with Crippen LogP contribution in [0.1, 0.15) is 15.9 Å². The number of aromatic nitrogens is 2. The number of nitrogen functional groups attached to an aromatic ring is 1. The van der Waals surface area contributed by atoms with Crippen molar-refractivity contribution in [3.05, 3.63) is 40.0 Å². The minimum Gasteiger partial charge on any atom is -0.496 e. The number of nitrogens with two attached hydrogens (primary N) is 1. The lowest BCUT2D eigenvalue weighted by molar-refractivity contribution is 0.0994. The molecule has 0 bridgehead atoms. The Morgan fingerprint density at radius 2 is 2.33 bits per heavy atom. The van der Waals surface area contributed by atoms with Gasteiger partial charge in [0, 0.05) is 6.42 Å². The molecule has 3 N–H and O–H groups in total. The summed E-state index contributed by atoms with van der Waals surface area (Å²) in [6, 6.07) is 5.51. The number of benzene rings is 1. The Labute approximate surface area is 112 Å². The van der Waals surface area contributed by atoms with Gasteiger partial charge in [-0.1, -0.05) is 6.07 Å².